The molecule has 0 unspecified atom stereocenters. The Morgan fingerprint density at radius 1 is 1.16 bits per heavy atom. The third kappa shape index (κ3) is 5.27. The van der Waals surface area contributed by atoms with Gasteiger partial charge in [-0.05, 0) is 55.1 Å². The fourth-order valence-electron chi connectivity index (χ4n) is 4.40. The van der Waals surface area contributed by atoms with Gasteiger partial charge in [-0.25, -0.2) is 9.97 Å². The Morgan fingerprint density at radius 3 is 2.62 bits per heavy atom. The lowest BCUT2D eigenvalue weighted by atomic mass is 9.95. The Bertz CT molecular complexity index is 1040. The molecule has 1 amide bonds. The maximum Gasteiger partial charge on any atom is 0.225 e. The molecule has 0 aliphatic carbocycles. The van der Waals surface area contributed by atoms with E-state index in [-0.39, 0.29) is 5.91 Å². The van der Waals surface area contributed by atoms with Gasteiger partial charge in [-0.3, -0.25) is 9.69 Å². The highest BCUT2D eigenvalue weighted by molar-refractivity contribution is 5.88. The van der Waals surface area contributed by atoms with Crippen molar-refractivity contribution in [1.82, 2.24) is 20.2 Å². The highest BCUT2D eigenvalue weighted by atomic mass is 16.3. The molecular formula is C25H33N5O2. The van der Waals surface area contributed by atoms with Gasteiger partial charge >= 0.3 is 0 Å². The normalized spacial score (nSPS) is 14.9. The lowest BCUT2D eigenvalue weighted by Gasteiger charge is -2.34. The Balaban J connectivity index is 1.20. The van der Waals surface area contributed by atoms with Crippen LogP contribution in [0.5, 0.6) is 0 Å². The number of carbonyl (C=O) groups is 1. The summed E-state index contributed by atoms with van der Waals surface area (Å²) in [6.45, 7) is 12.0. The van der Waals surface area contributed by atoms with Crippen LogP contribution < -0.4 is 10.2 Å². The lowest BCUT2D eigenvalue weighted by Crippen LogP contribution is -2.47. The summed E-state index contributed by atoms with van der Waals surface area (Å²) < 4.78 is 5.71. The minimum Gasteiger partial charge on any atom is -0.464 e. The van der Waals surface area contributed by atoms with Crippen LogP contribution in [-0.2, 0) is 11.2 Å². The fourth-order valence-corrected chi connectivity index (χ4v) is 4.40. The number of piperazine rings is 1. The molecule has 1 saturated heterocycles. The maximum atomic E-state index is 12.5. The van der Waals surface area contributed by atoms with Gasteiger partial charge in [0.15, 0.2) is 0 Å². The zero-order chi connectivity index (χ0) is 22.5. The van der Waals surface area contributed by atoms with Crippen LogP contribution in [0.2, 0.25) is 0 Å². The number of nitrogens with zero attached hydrogens (tertiary/aromatic N) is 4. The minimum absolute atomic E-state index is 0.0467. The summed E-state index contributed by atoms with van der Waals surface area (Å²) in [5.74, 6) is 1.30. The molecule has 7 nitrogen and oxygen atoms in total. The Morgan fingerprint density at radius 2 is 1.91 bits per heavy atom. The Kier molecular flexibility index (Phi) is 7.05. The number of fused-ring (bicyclic) bond motifs is 1. The molecule has 1 aromatic carbocycles. The molecule has 0 radical (unpaired) electrons. The van der Waals surface area contributed by atoms with E-state index in [0.29, 0.717) is 18.9 Å². The van der Waals surface area contributed by atoms with Crippen molar-refractivity contribution in [2.75, 3.05) is 44.2 Å². The topological polar surface area (TPSA) is 74.5 Å². The van der Waals surface area contributed by atoms with Crippen molar-refractivity contribution < 1.29 is 9.21 Å². The van der Waals surface area contributed by atoms with E-state index in [4.69, 9.17) is 4.42 Å². The molecule has 0 atom stereocenters. The van der Waals surface area contributed by atoms with E-state index in [1.54, 1.807) is 18.7 Å². The van der Waals surface area contributed by atoms with Gasteiger partial charge in [0.25, 0.3) is 0 Å². The molecule has 1 aliphatic rings. The molecule has 3 aromatic rings. The number of nitrogens with one attached hydrogen (secondary N) is 1. The molecule has 0 saturated carbocycles. The molecule has 0 spiro atoms. The standard InChI is InChI=1S/C25H33N5O2/c1-18(2)21-16-22-20(17-32-23(22)14-19(21)3)15-24(31)26-8-5-9-29-10-12-30(13-11-29)25-27-6-4-7-28-25/h4,6-7,14,16-18H,5,8-13,15H2,1-3H3,(H,26,31). The number of furan rings is 1. The molecule has 32 heavy (non-hydrogen) atoms. The van der Waals surface area contributed by atoms with Gasteiger partial charge in [-0.15, -0.1) is 0 Å². The number of aromatic nitrogens is 2. The largest absolute Gasteiger partial charge is 0.464 e. The zero-order valence-corrected chi connectivity index (χ0v) is 19.3. The van der Waals surface area contributed by atoms with Crippen molar-refractivity contribution in [2.45, 2.75) is 39.5 Å². The minimum atomic E-state index is 0.0467. The van der Waals surface area contributed by atoms with Crippen LogP contribution in [0.3, 0.4) is 0 Å². The first-order valence-electron chi connectivity index (χ1n) is 11.5. The fraction of sp³-hybridized carbons (Fsp3) is 0.480. The molecule has 1 aliphatic heterocycles. The van der Waals surface area contributed by atoms with Crippen molar-refractivity contribution in [3.8, 4) is 0 Å². The monoisotopic (exact) mass is 435 g/mol. The summed E-state index contributed by atoms with van der Waals surface area (Å²) in [7, 11) is 0. The third-order valence-electron chi connectivity index (χ3n) is 6.20. The summed E-state index contributed by atoms with van der Waals surface area (Å²) >= 11 is 0. The third-order valence-corrected chi connectivity index (χ3v) is 6.20. The summed E-state index contributed by atoms with van der Waals surface area (Å²) in [4.78, 5) is 25.8. The van der Waals surface area contributed by atoms with E-state index < -0.39 is 0 Å². The van der Waals surface area contributed by atoms with E-state index >= 15 is 0 Å². The van der Waals surface area contributed by atoms with E-state index in [1.165, 1.54) is 11.1 Å². The SMILES string of the molecule is Cc1cc2occ(CC(=O)NCCCN3CCN(c4ncccn4)CC3)c2cc1C(C)C. The van der Waals surface area contributed by atoms with Crippen LogP contribution in [0.1, 0.15) is 42.9 Å². The van der Waals surface area contributed by atoms with E-state index in [1.807, 2.05) is 6.07 Å². The van der Waals surface area contributed by atoms with Crippen molar-refractivity contribution >= 4 is 22.8 Å². The van der Waals surface area contributed by atoms with Crippen LogP contribution in [0.4, 0.5) is 5.95 Å². The summed E-state index contributed by atoms with van der Waals surface area (Å²) in [5.41, 5.74) is 4.35. The second-order valence-electron chi connectivity index (χ2n) is 8.88. The number of rotatable bonds is 8. The highest BCUT2D eigenvalue weighted by Gasteiger charge is 2.18. The van der Waals surface area contributed by atoms with E-state index in [2.05, 4.69) is 58.0 Å². The second kappa shape index (κ2) is 10.1. The molecule has 0 bridgehead atoms. The molecule has 3 heterocycles. The van der Waals surface area contributed by atoms with Crippen LogP contribution in [-0.4, -0.2) is 60.0 Å². The molecule has 4 rings (SSSR count). The first-order chi connectivity index (χ1) is 15.5. The Labute approximate surface area is 189 Å². The molecule has 7 heteroatoms. The van der Waals surface area contributed by atoms with Gasteiger partial charge in [0, 0.05) is 56.1 Å². The molecule has 170 valence electrons. The number of benzene rings is 1. The van der Waals surface area contributed by atoms with Gasteiger partial charge < -0.3 is 14.6 Å². The second-order valence-corrected chi connectivity index (χ2v) is 8.88. The van der Waals surface area contributed by atoms with Gasteiger partial charge in [0.05, 0.1) is 12.7 Å². The molecular weight excluding hydrogens is 402 g/mol. The van der Waals surface area contributed by atoms with Gasteiger partial charge in [-0.1, -0.05) is 13.8 Å². The van der Waals surface area contributed by atoms with Gasteiger partial charge in [0.1, 0.15) is 5.58 Å². The first-order valence-corrected chi connectivity index (χ1v) is 11.5. The zero-order valence-electron chi connectivity index (χ0n) is 19.3. The van der Waals surface area contributed by atoms with E-state index in [0.717, 1.165) is 61.6 Å². The number of aryl methyl sites for hydroxylation is 1. The lowest BCUT2D eigenvalue weighted by molar-refractivity contribution is -0.120. The van der Waals surface area contributed by atoms with Crippen molar-refractivity contribution in [1.29, 1.82) is 0 Å². The average molecular weight is 436 g/mol. The summed E-state index contributed by atoms with van der Waals surface area (Å²) in [6, 6.07) is 6.10. The number of amides is 1. The predicted octanol–water partition coefficient (Wildman–Crippen LogP) is 3.53. The van der Waals surface area contributed by atoms with Crippen LogP contribution in [0.25, 0.3) is 11.0 Å². The molecule has 2 aromatic heterocycles. The number of anilines is 1. The van der Waals surface area contributed by atoms with Crippen molar-refractivity contribution in [3.63, 3.8) is 0 Å². The molecule has 1 fully saturated rings. The Hall–Kier alpha value is -2.93. The van der Waals surface area contributed by atoms with Gasteiger partial charge in [0.2, 0.25) is 11.9 Å². The number of hydrogen-bond donors (Lipinski definition) is 1. The van der Waals surface area contributed by atoms with Crippen molar-refractivity contribution in [3.05, 3.63) is 53.5 Å². The predicted molar refractivity (Wildman–Crippen MR) is 127 cm³/mol. The van der Waals surface area contributed by atoms with Crippen LogP contribution in [0.15, 0.2) is 41.3 Å². The molecule has 1 N–H and O–H groups in total. The van der Waals surface area contributed by atoms with Crippen LogP contribution >= 0.6 is 0 Å². The first kappa shape index (κ1) is 22.3. The quantitative estimate of drug-likeness (QED) is 0.546. The van der Waals surface area contributed by atoms with Crippen LogP contribution in [0, 0.1) is 6.92 Å². The van der Waals surface area contributed by atoms with E-state index in [9.17, 15) is 4.79 Å². The van der Waals surface area contributed by atoms with Crippen molar-refractivity contribution in [2.24, 2.45) is 0 Å². The highest BCUT2D eigenvalue weighted by Crippen LogP contribution is 2.29. The number of carbonyl (C=O) groups excluding carboxylic acids is 1. The summed E-state index contributed by atoms with van der Waals surface area (Å²) in [5, 5.41) is 4.12. The maximum absolute atomic E-state index is 12.5. The average Bonchev–Trinajstić information content (AvgIpc) is 3.18. The number of hydrogen-bond acceptors (Lipinski definition) is 6. The van der Waals surface area contributed by atoms with Gasteiger partial charge in [-0.2, -0.15) is 0 Å². The smallest absolute Gasteiger partial charge is 0.225 e. The summed E-state index contributed by atoms with van der Waals surface area (Å²) in [6.07, 6.45) is 6.59.